The number of rotatable bonds is 1. The van der Waals surface area contributed by atoms with Crippen LogP contribution in [0.25, 0.3) is 0 Å². The zero-order valence-corrected chi connectivity index (χ0v) is 11.0. The zero-order chi connectivity index (χ0) is 12.0. The summed E-state index contributed by atoms with van der Waals surface area (Å²) < 4.78 is 0. The molecule has 0 aromatic heterocycles. The molecule has 2 unspecified atom stereocenters. The van der Waals surface area contributed by atoms with E-state index in [1.54, 1.807) is 0 Å². The Bertz CT molecular complexity index is 405. The number of benzene rings is 1. The highest BCUT2D eigenvalue weighted by atomic mass is 35.5. The van der Waals surface area contributed by atoms with Gasteiger partial charge < -0.3 is 5.73 Å². The van der Waals surface area contributed by atoms with E-state index in [-0.39, 0.29) is 11.6 Å². The number of fused-ring (bicyclic) bond motifs is 3. The molecule has 3 fully saturated rings. The lowest BCUT2D eigenvalue weighted by Crippen LogP contribution is -2.66. The van der Waals surface area contributed by atoms with E-state index in [0.717, 1.165) is 5.02 Å². The first kappa shape index (κ1) is 11.5. The Morgan fingerprint density at radius 3 is 2.35 bits per heavy atom. The zero-order valence-electron chi connectivity index (χ0n) is 10.2. The predicted molar refractivity (Wildman–Crippen MR) is 71.1 cm³/mol. The lowest BCUT2D eigenvalue weighted by atomic mass is 9.68. The minimum Gasteiger partial charge on any atom is -0.326 e. The second kappa shape index (κ2) is 3.98. The maximum absolute atomic E-state index is 6.49. The van der Waals surface area contributed by atoms with Gasteiger partial charge in [-0.15, -0.1) is 0 Å². The van der Waals surface area contributed by atoms with Gasteiger partial charge in [0.2, 0.25) is 0 Å². The fourth-order valence-electron chi connectivity index (χ4n) is 3.56. The van der Waals surface area contributed by atoms with E-state index in [1.807, 2.05) is 12.1 Å². The highest BCUT2D eigenvalue weighted by molar-refractivity contribution is 6.30. The van der Waals surface area contributed by atoms with Crippen molar-refractivity contribution < 1.29 is 0 Å². The molecular weight excluding hydrogens is 232 g/mol. The molecule has 3 aliphatic rings. The largest absolute Gasteiger partial charge is 0.326 e. The Morgan fingerprint density at radius 1 is 1.24 bits per heavy atom. The van der Waals surface area contributed by atoms with E-state index in [2.05, 4.69) is 24.0 Å². The van der Waals surface area contributed by atoms with Gasteiger partial charge in [-0.1, -0.05) is 23.7 Å². The van der Waals surface area contributed by atoms with Crippen molar-refractivity contribution in [2.45, 2.75) is 31.3 Å². The molecule has 0 spiro atoms. The average Bonchev–Trinajstić information content (AvgIpc) is 2.36. The van der Waals surface area contributed by atoms with Crippen molar-refractivity contribution in [3.8, 4) is 0 Å². The molecule has 1 aromatic carbocycles. The van der Waals surface area contributed by atoms with E-state index in [4.69, 9.17) is 17.3 Å². The molecule has 2 atom stereocenters. The van der Waals surface area contributed by atoms with Gasteiger partial charge in [0.15, 0.2) is 0 Å². The molecule has 17 heavy (non-hydrogen) atoms. The molecular formula is C14H19ClN2. The maximum Gasteiger partial charge on any atom is 0.0587 e. The molecule has 3 heteroatoms. The van der Waals surface area contributed by atoms with Crippen LogP contribution in [0.4, 0.5) is 0 Å². The second-order valence-corrected chi connectivity index (χ2v) is 5.94. The van der Waals surface area contributed by atoms with Crippen LogP contribution in [0.1, 0.15) is 25.3 Å². The first-order valence-corrected chi connectivity index (χ1v) is 6.77. The van der Waals surface area contributed by atoms with Gasteiger partial charge in [0.1, 0.15) is 0 Å². The van der Waals surface area contributed by atoms with E-state index >= 15 is 0 Å². The molecule has 2 bridgehead atoms. The Hall–Kier alpha value is -0.570. The molecule has 0 saturated carbocycles. The molecule has 1 aromatic rings. The van der Waals surface area contributed by atoms with E-state index < -0.39 is 0 Å². The maximum atomic E-state index is 6.49. The van der Waals surface area contributed by atoms with Crippen LogP contribution in [0.2, 0.25) is 5.02 Å². The summed E-state index contributed by atoms with van der Waals surface area (Å²) in [5, 5.41) is 0.793. The van der Waals surface area contributed by atoms with Crippen molar-refractivity contribution in [3.05, 3.63) is 34.9 Å². The Labute approximate surface area is 108 Å². The van der Waals surface area contributed by atoms with Gasteiger partial charge in [-0.25, -0.2) is 0 Å². The first-order chi connectivity index (χ1) is 8.12. The average molecular weight is 251 g/mol. The van der Waals surface area contributed by atoms with Crippen LogP contribution >= 0.6 is 11.6 Å². The summed E-state index contributed by atoms with van der Waals surface area (Å²) in [6, 6.07) is 8.44. The molecule has 3 heterocycles. The van der Waals surface area contributed by atoms with E-state index in [0.29, 0.717) is 5.92 Å². The van der Waals surface area contributed by atoms with Crippen LogP contribution in [-0.2, 0) is 5.54 Å². The minimum absolute atomic E-state index is 0.00818. The van der Waals surface area contributed by atoms with Crippen molar-refractivity contribution in [2.24, 2.45) is 11.7 Å². The van der Waals surface area contributed by atoms with Gasteiger partial charge in [0, 0.05) is 11.1 Å². The fourth-order valence-corrected chi connectivity index (χ4v) is 3.68. The van der Waals surface area contributed by atoms with Gasteiger partial charge in [0.25, 0.3) is 0 Å². The van der Waals surface area contributed by atoms with Crippen molar-refractivity contribution in [2.75, 3.05) is 13.1 Å². The third kappa shape index (κ3) is 1.62. The Balaban J connectivity index is 2.02. The summed E-state index contributed by atoms with van der Waals surface area (Å²) in [5.41, 5.74) is 7.79. The minimum atomic E-state index is -0.00818. The van der Waals surface area contributed by atoms with Crippen LogP contribution in [0, 0.1) is 5.92 Å². The van der Waals surface area contributed by atoms with Gasteiger partial charge in [-0.05, 0) is 56.5 Å². The molecule has 3 aliphatic heterocycles. The molecule has 92 valence electrons. The molecule has 2 N–H and O–H groups in total. The topological polar surface area (TPSA) is 29.3 Å². The SMILES string of the molecule is CC1(c2ccc(Cl)cc2)C(N)C2CCN1CC2. The van der Waals surface area contributed by atoms with Crippen molar-refractivity contribution in [1.29, 1.82) is 0 Å². The van der Waals surface area contributed by atoms with Gasteiger partial charge in [-0.2, -0.15) is 0 Å². The lowest BCUT2D eigenvalue weighted by Gasteiger charge is -2.57. The normalized spacial score (nSPS) is 40.5. The number of hydrogen-bond acceptors (Lipinski definition) is 2. The monoisotopic (exact) mass is 250 g/mol. The predicted octanol–water partition coefficient (Wildman–Crippen LogP) is 2.61. The quantitative estimate of drug-likeness (QED) is 0.830. The first-order valence-electron chi connectivity index (χ1n) is 6.39. The smallest absolute Gasteiger partial charge is 0.0587 e. The van der Waals surface area contributed by atoms with Gasteiger partial charge in [-0.3, -0.25) is 4.90 Å². The standard InChI is InChI=1S/C14H19ClN2/c1-14(11-2-4-12(15)5-3-11)13(16)10-6-8-17(14)9-7-10/h2-5,10,13H,6-9,16H2,1H3. The number of hydrogen-bond donors (Lipinski definition) is 1. The van der Waals surface area contributed by atoms with Gasteiger partial charge in [0.05, 0.1) is 5.54 Å². The summed E-state index contributed by atoms with van der Waals surface area (Å²) in [6.45, 7) is 4.64. The third-order valence-electron chi connectivity index (χ3n) is 4.78. The number of piperidine rings is 3. The van der Waals surface area contributed by atoms with Crippen LogP contribution in [0.15, 0.2) is 24.3 Å². The highest BCUT2D eigenvalue weighted by Gasteiger charge is 2.49. The molecule has 2 nitrogen and oxygen atoms in total. The molecule has 0 amide bonds. The second-order valence-electron chi connectivity index (χ2n) is 5.50. The molecule has 0 radical (unpaired) electrons. The van der Waals surface area contributed by atoms with Crippen LogP contribution in [0.5, 0.6) is 0 Å². The van der Waals surface area contributed by atoms with E-state index in [1.165, 1.54) is 31.5 Å². The van der Waals surface area contributed by atoms with Crippen LogP contribution < -0.4 is 5.73 Å². The third-order valence-corrected chi connectivity index (χ3v) is 5.03. The number of nitrogens with zero attached hydrogens (tertiary/aromatic N) is 1. The molecule has 3 saturated heterocycles. The van der Waals surface area contributed by atoms with Crippen LogP contribution in [0.3, 0.4) is 0 Å². The van der Waals surface area contributed by atoms with Crippen molar-refractivity contribution in [1.82, 2.24) is 4.90 Å². The summed E-state index contributed by atoms with van der Waals surface area (Å²) in [6.07, 6.45) is 2.51. The van der Waals surface area contributed by atoms with Crippen molar-refractivity contribution >= 4 is 11.6 Å². The summed E-state index contributed by atoms with van der Waals surface area (Å²) >= 11 is 5.97. The summed E-state index contributed by atoms with van der Waals surface area (Å²) in [5.74, 6) is 0.681. The van der Waals surface area contributed by atoms with Gasteiger partial charge >= 0.3 is 0 Å². The highest BCUT2D eigenvalue weighted by Crippen LogP contribution is 2.44. The number of nitrogens with two attached hydrogens (primary N) is 1. The molecule has 4 rings (SSSR count). The lowest BCUT2D eigenvalue weighted by molar-refractivity contribution is -0.0418. The fraction of sp³-hybridized carbons (Fsp3) is 0.571. The number of halogens is 1. The summed E-state index contributed by atoms with van der Waals surface area (Å²) in [4.78, 5) is 2.54. The van der Waals surface area contributed by atoms with Crippen LogP contribution in [-0.4, -0.2) is 24.0 Å². The summed E-state index contributed by atoms with van der Waals surface area (Å²) in [7, 11) is 0. The Morgan fingerprint density at radius 2 is 1.82 bits per heavy atom. The van der Waals surface area contributed by atoms with E-state index in [9.17, 15) is 0 Å². The Kier molecular flexibility index (Phi) is 2.69. The molecule has 0 aliphatic carbocycles. The van der Waals surface area contributed by atoms with Crippen molar-refractivity contribution in [3.63, 3.8) is 0 Å².